The summed E-state index contributed by atoms with van der Waals surface area (Å²) in [5.74, 6) is 0. The molecule has 1 N–H and O–H groups in total. The molecule has 0 bridgehead atoms. The average Bonchev–Trinajstić information content (AvgIpc) is 2.89. The quantitative estimate of drug-likeness (QED) is 0.648. The van der Waals surface area contributed by atoms with Crippen LogP contribution in [0.5, 0.6) is 0 Å². The van der Waals surface area contributed by atoms with Crippen LogP contribution in [0.3, 0.4) is 0 Å². The Labute approximate surface area is 85.7 Å². The molecule has 3 heteroatoms. The van der Waals surface area contributed by atoms with Crippen molar-refractivity contribution in [1.29, 1.82) is 0 Å². The van der Waals surface area contributed by atoms with Crippen LogP contribution in [-0.2, 0) is 0 Å². The molecule has 2 rings (SSSR count). The normalized spacial score (nSPS) is 28.7. The molecular formula is C10H18N2S. The van der Waals surface area contributed by atoms with Gasteiger partial charge in [-0.1, -0.05) is 0 Å². The molecule has 1 aliphatic carbocycles. The van der Waals surface area contributed by atoms with Crippen molar-refractivity contribution in [2.75, 3.05) is 6.54 Å². The van der Waals surface area contributed by atoms with E-state index in [2.05, 4.69) is 17.1 Å². The Hall–Kier alpha value is -0.310. The minimum Gasteiger partial charge on any atom is -0.360 e. The molecule has 1 saturated heterocycles. The van der Waals surface area contributed by atoms with Crippen LogP contribution < -0.4 is 5.32 Å². The summed E-state index contributed by atoms with van der Waals surface area (Å²) in [6, 6.07) is 1.34. The molecule has 2 nitrogen and oxygen atoms in total. The Bertz CT molecular complexity index is 201. The first-order valence-corrected chi connectivity index (χ1v) is 5.75. The van der Waals surface area contributed by atoms with Gasteiger partial charge in [0.1, 0.15) is 0 Å². The van der Waals surface area contributed by atoms with Crippen molar-refractivity contribution in [2.45, 2.75) is 51.1 Å². The summed E-state index contributed by atoms with van der Waals surface area (Å²) < 4.78 is 0. The zero-order valence-electron chi connectivity index (χ0n) is 8.25. The predicted molar refractivity (Wildman–Crippen MR) is 58.8 cm³/mol. The minimum atomic E-state index is 0.646. The average molecular weight is 198 g/mol. The van der Waals surface area contributed by atoms with E-state index in [0.29, 0.717) is 12.1 Å². The fourth-order valence-electron chi connectivity index (χ4n) is 1.89. The predicted octanol–water partition coefficient (Wildman–Crippen LogP) is 1.90. The van der Waals surface area contributed by atoms with Gasteiger partial charge in [-0.05, 0) is 51.2 Å². The number of hydrogen-bond donors (Lipinski definition) is 1. The lowest BCUT2D eigenvalue weighted by molar-refractivity contribution is 0.255. The van der Waals surface area contributed by atoms with Crippen molar-refractivity contribution in [3.05, 3.63) is 0 Å². The summed E-state index contributed by atoms with van der Waals surface area (Å²) in [4.78, 5) is 2.36. The molecule has 1 atom stereocenters. The topological polar surface area (TPSA) is 15.3 Å². The van der Waals surface area contributed by atoms with Crippen molar-refractivity contribution in [2.24, 2.45) is 0 Å². The molecule has 74 valence electrons. The number of likely N-dealkylation sites (tertiary alicyclic amines) is 1. The number of thiocarbonyl (C=S) groups is 1. The van der Waals surface area contributed by atoms with Crippen molar-refractivity contribution in [3.8, 4) is 0 Å². The van der Waals surface area contributed by atoms with Crippen LogP contribution >= 0.6 is 12.2 Å². The lowest BCUT2D eigenvalue weighted by atomic mass is 10.0. The Morgan fingerprint density at radius 1 is 1.31 bits per heavy atom. The van der Waals surface area contributed by atoms with Crippen LogP contribution in [0.4, 0.5) is 0 Å². The van der Waals surface area contributed by atoms with Crippen LogP contribution in [0, 0.1) is 0 Å². The van der Waals surface area contributed by atoms with E-state index in [0.717, 1.165) is 11.7 Å². The lowest BCUT2D eigenvalue weighted by Crippen LogP contribution is -2.47. The fraction of sp³-hybridized carbons (Fsp3) is 0.900. The second-order valence-electron chi connectivity index (χ2n) is 4.26. The van der Waals surface area contributed by atoms with E-state index in [9.17, 15) is 0 Å². The summed E-state index contributed by atoms with van der Waals surface area (Å²) in [7, 11) is 0. The molecule has 1 unspecified atom stereocenters. The van der Waals surface area contributed by atoms with Crippen LogP contribution in [0.25, 0.3) is 0 Å². The second-order valence-corrected chi connectivity index (χ2v) is 4.65. The third-order valence-electron chi connectivity index (χ3n) is 2.97. The first-order chi connectivity index (χ1) is 6.27. The molecule has 0 spiro atoms. The zero-order valence-corrected chi connectivity index (χ0v) is 9.07. The Kier molecular flexibility index (Phi) is 2.72. The van der Waals surface area contributed by atoms with Gasteiger partial charge in [-0.2, -0.15) is 0 Å². The number of piperidine rings is 1. The number of rotatable bonds is 1. The maximum Gasteiger partial charge on any atom is 0.169 e. The van der Waals surface area contributed by atoms with E-state index in [1.807, 2.05) is 0 Å². The summed E-state index contributed by atoms with van der Waals surface area (Å²) in [6.07, 6.45) is 6.58. The molecule has 1 saturated carbocycles. The molecular weight excluding hydrogens is 180 g/mol. The van der Waals surface area contributed by atoms with Crippen molar-refractivity contribution in [3.63, 3.8) is 0 Å². The number of hydrogen-bond acceptors (Lipinski definition) is 1. The first kappa shape index (κ1) is 9.25. The Balaban J connectivity index is 1.85. The smallest absolute Gasteiger partial charge is 0.169 e. The molecule has 1 heterocycles. The van der Waals surface area contributed by atoms with Crippen LogP contribution in [-0.4, -0.2) is 28.6 Å². The molecule has 2 aliphatic rings. The number of nitrogens with one attached hydrogen (secondary N) is 1. The van der Waals surface area contributed by atoms with Crippen molar-refractivity contribution in [1.82, 2.24) is 10.2 Å². The van der Waals surface area contributed by atoms with Gasteiger partial charge in [-0.15, -0.1) is 0 Å². The van der Waals surface area contributed by atoms with Crippen molar-refractivity contribution < 1.29 is 0 Å². The summed E-state index contributed by atoms with van der Waals surface area (Å²) in [5.41, 5.74) is 0. The zero-order chi connectivity index (χ0) is 9.26. The van der Waals surface area contributed by atoms with E-state index >= 15 is 0 Å². The summed E-state index contributed by atoms with van der Waals surface area (Å²) in [6.45, 7) is 3.43. The third kappa shape index (κ3) is 2.33. The van der Waals surface area contributed by atoms with Gasteiger partial charge in [0.2, 0.25) is 0 Å². The van der Waals surface area contributed by atoms with Gasteiger partial charge in [0.25, 0.3) is 0 Å². The maximum absolute atomic E-state index is 5.38. The van der Waals surface area contributed by atoms with E-state index in [1.54, 1.807) is 0 Å². The highest BCUT2D eigenvalue weighted by atomic mass is 32.1. The fourth-order valence-corrected chi connectivity index (χ4v) is 2.32. The Morgan fingerprint density at radius 2 is 2.08 bits per heavy atom. The molecule has 0 radical (unpaired) electrons. The SMILES string of the molecule is CC1CCCCN1C(=S)NC1CC1. The first-order valence-electron chi connectivity index (χ1n) is 5.34. The largest absolute Gasteiger partial charge is 0.360 e. The van der Waals surface area contributed by atoms with Gasteiger partial charge in [0, 0.05) is 18.6 Å². The highest BCUT2D eigenvalue weighted by Gasteiger charge is 2.26. The van der Waals surface area contributed by atoms with Gasteiger partial charge in [0.15, 0.2) is 5.11 Å². The number of nitrogens with zero attached hydrogens (tertiary/aromatic N) is 1. The molecule has 0 aromatic heterocycles. The lowest BCUT2D eigenvalue weighted by Gasteiger charge is -2.35. The molecule has 13 heavy (non-hydrogen) atoms. The van der Waals surface area contributed by atoms with E-state index in [4.69, 9.17) is 12.2 Å². The van der Waals surface area contributed by atoms with Gasteiger partial charge in [-0.3, -0.25) is 0 Å². The molecule has 2 fully saturated rings. The highest BCUT2D eigenvalue weighted by Crippen LogP contribution is 2.21. The monoisotopic (exact) mass is 198 g/mol. The Morgan fingerprint density at radius 3 is 2.69 bits per heavy atom. The van der Waals surface area contributed by atoms with E-state index < -0.39 is 0 Å². The van der Waals surface area contributed by atoms with Gasteiger partial charge in [0.05, 0.1) is 0 Å². The summed E-state index contributed by atoms with van der Waals surface area (Å²) >= 11 is 5.38. The van der Waals surface area contributed by atoms with E-state index in [1.165, 1.54) is 32.1 Å². The molecule has 0 aromatic rings. The third-order valence-corrected chi connectivity index (χ3v) is 3.32. The highest BCUT2D eigenvalue weighted by molar-refractivity contribution is 7.80. The van der Waals surface area contributed by atoms with E-state index in [-0.39, 0.29) is 0 Å². The molecule has 0 amide bonds. The van der Waals surface area contributed by atoms with Crippen molar-refractivity contribution >= 4 is 17.3 Å². The van der Waals surface area contributed by atoms with Gasteiger partial charge >= 0.3 is 0 Å². The summed E-state index contributed by atoms with van der Waals surface area (Å²) in [5, 5.41) is 4.41. The van der Waals surface area contributed by atoms with Crippen LogP contribution in [0.2, 0.25) is 0 Å². The minimum absolute atomic E-state index is 0.646. The van der Waals surface area contributed by atoms with Gasteiger partial charge < -0.3 is 10.2 Å². The standard InChI is InChI=1S/C10H18N2S/c1-8-4-2-3-7-12(8)10(13)11-9-5-6-9/h8-9H,2-7H2,1H3,(H,11,13). The van der Waals surface area contributed by atoms with Gasteiger partial charge in [-0.25, -0.2) is 0 Å². The van der Waals surface area contributed by atoms with Crippen LogP contribution in [0.1, 0.15) is 39.0 Å². The molecule has 1 aliphatic heterocycles. The van der Waals surface area contributed by atoms with Crippen LogP contribution in [0.15, 0.2) is 0 Å². The maximum atomic E-state index is 5.38. The second kappa shape index (κ2) is 3.82. The molecule has 0 aromatic carbocycles.